The first-order valence-electron chi connectivity index (χ1n) is 4.44. The Balaban J connectivity index is 2.48. The van der Waals surface area contributed by atoms with Crippen LogP contribution in [-0.2, 0) is 17.8 Å². The van der Waals surface area contributed by atoms with Gasteiger partial charge in [0.05, 0.1) is 12.3 Å². The standard InChI is InChI=1S/C9H16N2OS/c1-3-7(10)4-8-6-13-9(11-8)5-12-2/h6-7H,3-5,10H2,1-2H3. The maximum absolute atomic E-state index is 5.82. The average Bonchev–Trinajstić information content (AvgIpc) is 2.53. The second-order valence-corrected chi connectivity index (χ2v) is 3.98. The Labute approximate surface area is 82.9 Å². The molecule has 13 heavy (non-hydrogen) atoms. The highest BCUT2D eigenvalue weighted by atomic mass is 32.1. The van der Waals surface area contributed by atoms with E-state index in [1.165, 1.54) is 0 Å². The van der Waals surface area contributed by atoms with Gasteiger partial charge in [0.15, 0.2) is 0 Å². The fourth-order valence-electron chi connectivity index (χ4n) is 1.05. The fourth-order valence-corrected chi connectivity index (χ4v) is 1.82. The third-order valence-electron chi connectivity index (χ3n) is 1.86. The van der Waals surface area contributed by atoms with Crippen LogP contribution in [0.5, 0.6) is 0 Å². The van der Waals surface area contributed by atoms with Gasteiger partial charge < -0.3 is 10.5 Å². The van der Waals surface area contributed by atoms with Gasteiger partial charge in [0.25, 0.3) is 0 Å². The van der Waals surface area contributed by atoms with Crippen molar-refractivity contribution in [2.45, 2.75) is 32.4 Å². The van der Waals surface area contributed by atoms with Crippen molar-refractivity contribution in [3.05, 3.63) is 16.1 Å². The molecule has 1 rings (SSSR count). The molecule has 0 fully saturated rings. The third kappa shape index (κ3) is 3.42. The van der Waals surface area contributed by atoms with Crippen molar-refractivity contribution in [3.63, 3.8) is 0 Å². The van der Waals surface area contributed by atoms with E-state index in [0.29, 0.717) is 6.61 Å². The number of hydrogen-bond donors (Lipinski definition) is 1. The summed E-state index contributed by atoms with van der Waals surface area (Å²) in [4.78, 5) is 4.40. The number of ether oxygens (including phenoxy) is 1. The number of rotatable bonds is 5. The fraction of sp³-hybridized carbons (Fsp3) is 0.667. The SMILES string of the molecule is CCC(N)Cc1csc(COC)n1. The monoisotopic (exact) mass is 200 g/mol. The molecule has 0 radical (unpaired) electrons. The molecule has 1 atom stereocenters. The molecule has 0 bridgehead atoms. The third-order valence-corrected chi connectivity index (χ3v) is 2.73. The lowest BCUT2D eigenvalue weighted by molar-refractivity contribution is 0.184. The Hall–Kier alpha value is -0.450. The first kappa shape index (κ1) is 10.6. The molecule has 4 heteroatoms. The normalized spacial score (nSPS) is 13.2. The molecule has 0 saturated carbocycles. The van der Waals surface area contributed by atoms with Gasteiger partial charge in [-0.25, -0.2) is 4.98 Å². The van der Waals surface area contributed by atoms with E-state index in [1.54, 1.807) is 18.4 Å². The van der Waals surface area contributed by atoms with Gasteiger partial charge in [0.2, 0.25) is 0 Å². The number of hydrogen-bond acceptors (Lipinski definition) is 4. The predicted octanol–water partition coefficient (Wildman–Crippen LogP) is 1.57. The van der Waals surface area contributed by atoms with Gasteiger partial charge in [-0.2, -0.15) is 0 Å². The highest BCUT2D eigenvalue weighted by Crippen LogP contribution is 2.12. The van der Waals surface area contributed by atoms with E-state index in [2.05, 4.69) is 17.3 Å². The maximum Gasteiger partial charge on any atom is 0.119 e. The zero-order valence-electron chi connectivity index (χ0n) is 8.12. The quantitative estimate of drug-likeness (QED) is 0.785. The molecule has 3 nitrogen and oxygen atoms in total. The molecule has 0 aliphatic heterocycles. The van der Waals surface area contributed by atoms with Gasteiger partial charge in [-0.05, 0) is 6.42 Å². The summed E-state index contributed by atoms with van der Waals surface area (Å²) >= 11 is 1.63. The Kier molecular flexibility index (Phi) is 4.35. The lowest BCUT2D eigenvalue weighted by Gasteiger charge is -2.04. The second-order valence-electron chi connectivity index (χ2n) is 3.04. The van der Waals surface area contributed by atoms with Crippen LogP contribution in [0.2, 0.25) is 0 Å². The lowest BCUT2D eigenvalue weighted by Crippen LogP contribution is -2.21. The van der Waals surface area contributed by atoms with Crippen molar-refractivity contribution in [1.82, 2.24) is 4.98 Å². The van der Waals surface area contributed by atoms with E-state index in [0.717, 1.165) is 23.5 Å². The molecule has 0 aromatic carbocycles. The highest BCUT2D eigenvalue weighted by Gasteiger charge is 2.05. The molecule has 1 unspecified atom stereocenters. The van der Waals surface area contributed by atoms with Crippen molar-refractivity contribution in [3.8, 4) is 0 Å². The smallest absolute Gasteiger partial charge is 0.119 e. The van der Waals surface area contributed by atoms with Crippen molar-refractivity contribution >= 4 is 11.3 Å². The van der Waals surface area contributed by atoms with Crippen molar-refractivity contribution < 1.29 is 4.74 Å². The Morgan fingerprint density at radius 1 is 1.69 bits per heavy atom. The molecule has 0 aliphatic rings. The van der Waals surface area contributed by atoms with Gasteiger partial charge in [-0.1, -0.05) is 6.92 Å². The number of methoxy groups -OCH3 is 1. The molecular weight excluding hydrogens is 184 g/mol. The second kappa shape index (κ2) is 5.32. The molecule has 1 heterocycles. The van der Waals surface area contributed by atoms with Gasteiger partial charge in [0.1, 0.15) is 5.01 Å². The van der Waals surface area contributed by atoms with Crippen LogP contribution in [0.4, 0.5) is 0 Å². The average molecular weight is 200 g/mol. The van der Waals surface area contributed by atoms with Crippen molar-refractivity contribution in [2.24, 2.45) is 5.73 Å². The minimum Gasteiger partial charge on any atom is -0.378 e. The van der Waals surface area contributed by atoms with Crippen LogP contribution in [0.15, 0.2) is 5.38 Å². The van der Waals surface area contributed by atoms with Crippen LogP contribution >= 0.6 is 11.3 Å². The van der Waals surface area contributed by atoms with E-state index in [1.807, 2.05) is 0 Å². The predicted molar refractivity (Wildman–Crippen MR) is 54.8 cm³/mol. The van der Waals surface area contributed by atoms with Crippen LogP contribution in [0, 0.1) is 0 Å². The van der Waals surface area contributed by atoms with Crippen LogP contribution in [0.1, 0.15) is 24.0 Å². The highest BCUT2D eigenvalue weighted by molar-refractivity contribution is 7.09. The largest absolute Gasteiger partial charge is 0.378 e. The van der Waals surface area contributed by atoms with E-state index in [-0.39, 0.29) is 6.04 Å². The number of nitrogens with two attached hydrogens (primary N) is 1. The molecule has 0 spiro atoms. The molecule has 2 N–H and O–H groups in total. The first-order valence-corrected chi connectivity index (χ1v) is 5.32. The summed E-state index contributed by atoms with van der Waals surface area (Å²) in [7, 11) is 1.68. The van der Waals surface area contributed by atoms with Gasteiger partial charge in [0, 0.05) is 25.0 Å². The molecule has 74 valence electrons. The summed E-state index contributed by atoms with van der Waals surface area (Å²) in [5.41, 5.74) is 6.91. The van der Waals surface area contributed by atoms with Crippen molar-refractivity contribution in [2.75, 3.05) is 7.11 Å². The number of aromatic nitrogens is 1. The first-order chi connectivity index (χ1) is 6.26. The number of nitrogens with zero attached hydrogens (tertiary/aromatic N) is 1. The van der Waals surface area contributed by atoms with Gasteiger partial charge >= 0.3 is 0 Å². The molecule has 0 saturated heterocycles. The van der Waals surface area contributed by atoms with Crippen molar-refractivity contribution in [1.29, 1.82) is 0 Å². The minimum absolute atomic E-state index is 0.234. The minimum atomic E-state index is 0.234. The maximum atomic E-state index is 5.82. The zero-order chi connectivity index (χ0) is 9.68. The molecule has 0 aliphatic carbocycles. The van der Waals surface area contributed by atoms with E-state index >= 15 is 0 Å². The van der Waals surface area contributed by atoms with Crippen LogP contribution in [0.25, 0.3) is 0 Å². The van der Waals surface area contributed by atoms with E-state index < -0.39 is 0 Å². The van der Waals surface area contributed by atoms with Crippen LogP contribution in [-0.4, -0.2) is 18.1 Å². The van der Waals surface area contributed by atoms with E-state index in [9.17, 15) is 0 Å². The summed E-state index contributed by atoms with van der Waals surface area (Å²) in [6.07, 6.45) is 1.87. The summed E-state index contributed by atoms with van der Waals surface area (Å²) in [5, 5.41) is 3.09. The zero-order valence-corrected chi connectivity index (χ0v) is 8.93. The van der Waals surface area contributed by atoms with Gasteiger partial charge in [-0.3, -0.25) is 0 Å². The molecule has 1 aromatic rings. The topological polar surface area (TPSA) is 48.1 Å². The van der Waals surface area contributed by atoms with E-state index in [4.69, 9.17) is 10.5 Å². The number of thiazole rings is 1. The Morgan fingerprint density at radius 3 is 3.08 bits per heavy atom. The van der Waals surface area contributed by atoms with Crippen LogP contribution in [0.3, 0.4) is 0 Å². The summed E-state index contributed by atoms with van der Waals surface area (Å²) in [6.45, 7) is 2.69. The summed E-state index contributed by atoms with van der Waals surface area (Å²) in [5.74, 6) is 0. The Bertz CT molecular complexity index is 250. The summed E-state index contributed by atoms with van der Waals surface area (Å²) in [6, 6.07) is 0.234. The molecular formula is C9H16N2OS. The molecule has 0 amide bonds. The summed E-state index contributed by atoms with van der Waals surface area (Å²) < 4.78 is 4.99. The van der Waals surface area contributed by atoms with Gasteiger partial charge in [-0.15, -0.1) is 11.3 Å². The lowest BCUT2D eigenvalue weighted by atomic mass is 10.1. The Morgan fingerprint density at radius 2 is 2.46 bits per heavy atom. The molecule has 1 aromatic heterocycles. The van der Waals surface area contributed by atoms with Crippen LogP contribution < -0.4 is 5.73 Å².